The molecule has 0 radical (unpaired) electrons. The fourth-order valence-corrected chi connectivity index (χ4v) is 4.89. The number of hydrogen-bond donors (Lipinski definition) is 0. The summed E-state index contributed by atoms with van der Waals surface area (Å²) in [7, 11) is 0. The lowest BCUT2D eigenvalue weighted by Gasteiger charge is -2.19. The first kappa shape index (κ1) is 31.0. The van der Waals surface area contributed by atoms with Gasteiger partial charge in [-0.15, -0.1) is 0 Å². The van der Waals surface area contributed by atoms with Crippen LogP contribution in [0.25, 0.3) is 0 Å². The Morgan fingerprint density at radius 2 is 0.432 bits per heavy atom. The highest BCUT2D eigenvalue weighted by Crippen LogP contribution is 2.04. The molecular formula is C36H42N8. The van der Waals surface area contributed by atoms with E-state index in [4.69, 9.17) is 30.0 Å². The molecule has 44 heavy (non-hydrogen) atoms. The molecule has 8 bridgehead atoms. The van der Waals surface area contributed by atoms with Gasteiger partial charge in [-0.05, 0) is 33.4 Å². The summed E-state index contributed by atoms with van der Waals surface area (Å²) in [5, 5.41) is 0. The Labute approximate surface area is 261 Å². The molecule has 12 aliphatic heterocycles. The maximum absolute atomic E-state index is 4.72. The lowest BCUT2D eigenvalue weighted by molar-refractivity contribution is 0.298. The van der Waals surface area contributed by atoms with Crippen molar-refractivity contribution in [1.82, 2.24) is 9.80 Å². The van der Waals surface area contributed by atoms with E-state index in [0.717, 1.165) is 112 Å². The molecule has 12 aliphatic rings. The van der Waals surface area contributed by atoms with Crippen LogP contribution in [0.2, 0.25) is 0 Å². The van der Waals surface area contributed by atoms with Gasteiger partial charge in [0.1, 0.15) is 0 Å². The van der Waals surface area contributed by atoms with Crippen LogP contribution in [0.15, 0.2) is 103 Å². The molecule has 226 valence electrons. The standard InChI is InChI=1S/C36H42N8/c1-2-32-4-3-31(1)25-37-13-19-43-21-15-39-27-33-5-9-35(10-6-33)29-41-17-23-44(20-14-38-26-32)24-18-42-30-36-11-7-34(8-12-36)28-40-16-22-43/h1-12,25-30H,13-24H2/b37-25-,38-26?,39-27+,40-28+,41-29+,42-30+. The van der Waals surface area contributed by atoms with Crippen LogP contribution in [0.5, 0.6) is 0 Å². The topological polar surface area (TPSA) is 80.6 Å². The van der Waals surface area contributed by atoms with Crippen LogP contribution < -0.4 is 0 Å². The fraction of sp³-hybridized carbons (Fsp3) is 0.333. The molecule has 0 N–H and O–H groups in total. The zero-order valence-electron chi connectivity index (χ0n) is 25.5. The van der Waals surface area contributed by atoms with Crippen LogP contribution in [0, 0.1) is 0 Å². The van der Waals surface area contributed by atoms with Gasteiger partial charge in [0.25, 0.3) is 0 Å². The number of aliphatic imine (C=N–C) groups is 6. The minimum Gasteiger partial charge on any atom is -0.298 e. The fourth-order valence-electron chi connectivity index (χ4n) is 4.89. The van der Waals surface area contributed by atoms with Crippen LogP contribution in [0.3, 0.4) is 0 Å². The maximum atomic E-state index is 4.72. The summed E-state index contributed by atoms with van der Waals surface area (Å²) in [6.07, 6.45) is 11.7. The Bertz CT molecular complexity index is 1160. The molecule has 0 aliphatic carbocycles. The van der Waals surface area contributed by atoms with Gasteiger partial charge >= 0.3 is 0 Å². The Morgan fingerprint density at radius 1 is 0.273 bits per heavy atom. The van der Waals surface area contributed by atoms with Gasteiger partial charge in [0.15, 0.2) is 0 Å². The SMILES string of the molecule is C1=NCCN2CC/N=C/c3ccc(cc3)/C=N/CCN(CC/N=C\c3ccc1cc3)CC/N=C/c1ccc(cc1)/C=N/CC2. The van der Waals surface area contributed by atoms with Gasteiger partial charge in [-0.25, -0.2) is 0 Å². The Hall–Kier alpha value is -4.40. The van der Waals surface area contributed by atoms with Crippen molar-refractivity contribution in [2.24, 2.45) is 30.0 Å². The van der Waals surface area contributed by atoms with E-state index in [2.05, 4.69) is 82.6 Å². The lowest BCUT2D eigenvalue weighted by atomic mass is 10.1. The highest BCUT2D eigenvalue weighted by Gasteiger charge is 2.05. The Balaban J connectivity index is 1.39. The second-order valence-electron chi connectivity index (χ2n) is 10.9. The van der Waals surface area contributed by atoms with E-state index in [1.807, 2.05) is 37.3 Å². The third kappa shape index (κ3) is 11.0. The second-order valence-corrected chi connectivity index (χ2v) is 10.9. The smallest absolute Gasteiger partial charge is 0.0517 e. The van der Waals surface area contributed by atoms with Crippen molar-refractivity contribution in [2.45, 2.75) is 0 Å². The molecule has 0 unspecified atom stereocenters. The molecule has 0 fully saturated rings. The minimum atomic E-state index is 0.721. The average molecular weight is 587 g/mol. The summed E-state index contributed by atoms with van der Waals surface area (Å²) < 4.78 is 0. The van der Waals surface area contributed by atoms with E-state index in [-0.39, 0.29) is 0 Å². The van der Waals surface area contributed by atoms with Crippen molar-refractivity contribution < 1.29 is 0 Å². The number of nitrogens with zero attached hydrogens (tertiary/aromatic N) is 8. The van der Waals surface area contributed by atoms with Gasteiger partial charge in [-0.2, -0.15) is 0 Å². The van der Waals surface area contributed by atoms with Gasteiger partial charge in [0, 0.05) is 76.6 Å². The average Bonchev–Trinajstić information content (AvgIpc) is 3.05. The third-order valence-corrected chi connectivity index (χ3v) is 7.52. The highest BCUT2D eigenvalue weighted by molar-refractivity contribution is 5.85. The summed E-state index contributed by atoms with van der Waals surface area (Å²) >= 11 is 0. The van der Waals surface area contributed by atoms with Crippen LogP contribution in [0.4, 0.5) is 0 Å². The zero-order chi connectivity index (χ0) is 30.1. The summed E-state index contributed by atoms with van der Waals surface area (Å²) in [6.45, 7) is 9.44. The van der Waals surface area contributed by atoms with Gasteiger partial charge in [0.05, 0.1) is 39.3 Å². The molecule has 0 spiro atoms. The van der Waals surface area contributed by atoms with Crippen molar-refractivity contribution in [3.05, 3.63) is 106 Å². The molecule has 0 aromatic heterocycles. The first-order valence-electron chi connectivity index (χ1n) is 15.5. The van der Waals surface area contributed by atoms with E-state index in [1.54, 1.807) is 0 Å². The molecule has 8 nitrogen and oxygen atoms in total. The molecule has 15 rings (SSSR count). The molecule has 0 saturated heterocycles. The monoisotopic (exact) mass is 586 g/mol. The van der Waals surface area contributed by atoms with Crippen LogP contribution in [0.1, 0.15) is 33.4 Å². The van der Waals surface area contributed by atoms with Crippen LogP contribution in [-0.4, -0.2) is 126 Å². The van der Waals surface area contributed by atoms with Crippen LogP contribution >= 0.6 is 0 Å². The van der Waals surface area contributed by atoms with Crippen molar-refractivity contribution in [1.29, 1.82) is 0 Å². The van der Waals surface area contributed by atoms with E-state index < -0.39 is 0 Å². The predicted octanol–water partition coefficient (Wildman–Crippen LogP) is 4.23. The normalized spacial score (nSPS) is 24.1. The first-order chi connectivity index (χ1) is 21.8. The summed E-state index contributed by atoms with van der Waals surface area (Å²) in [5.41, 5.74) is 6.56. The van der Waals surface area contributed by atoms with Gasteiger partial charge < -0.3 is 0 Å². The van der Waals surface area contributed by atoms with E-state index in [0.29, 0.717) is 0 Å². The van der Waals surface area contributed by atoms with E-state index in [1.165, 1.54) is 0 Å². The molecule has 3 aromatic rings. The van der Waals surface area contributed by atoms with Crippen LogP contribution in [-0.2, 0) is 0 Å². The molecule has 8 heteroatoms. The zero-order valence-corrected chi connectivity index (χ0v) is 25.5. The van der Waals surface area contributed by atoms with Crippen molar-refractivity contribution in [3.63, 3.8) is 0 Å². The second kappa shape index (κ2) is 17.7. The molecule has 0 atom stereocenters. The molecule has 12 heterocycles. The van der Waals surface area contributed by atoms with Gasteiger partial charge in [-0.3, -0.25) is 39.8 Å². The Morgan fingerprint density at radius 3 is 0.591 bits per heavy atom. The molecule has 0 amide bonds. The summed E-state index contributed by atoms with van der Waals surface area (Å²) in [6, 6.07) is 25.2. The quantitative estimate of drug-likeness (QED) is 0.395. The lowest BCUT2D eigenvalue weighted by Crippen LogP contribution is -2.31. The van der Waals surface area contributed by atoms with E-state index in [9.17, 15) is 0 Å². The summed E-state index contributed by atoms with van der Waals surface area (Å²) in [4.78, 5) is 33.1. The molecule has 3 aromatic carbocycles. The maximum Gasteiger partial charge on any atom is 0.0517 e. The highest BCUT2D eigenvalue weighted by atomic mass is 15.2. The number of hydrogen-bond acceptors (Lipinski definition) is 8. The first-order valence-corrected chi connectivity index (χ1v) is 15.5. The Kier molecular flexibility index (Phi) is 12.5. The molecule has 0 saturated carbocycles. The van der Waals surface area contributed by atoms with Gasteiger partial charge in [0.2, 0.25) is 0 Å². The van der Waals surface area contributed by atoms with Crippen molar-refractivity contribution in [2.75, 3.05) is 78.5 Å². The van der Waals surface area contributed by atoms with E-state index >= 15 is 0 Å². The predicted molar refractivity (Wildman–Crippen MR) is 187 cm³/mol. The minimum absolute atomic E-state index is 0.721. The van der Waals surface area contributed by atoms with Gasteiger partial charge in [-0.1, -0.05) is 72.8 Å². The third-order valence-electron chi connectivity index (χ3n) is 7.52. The number of benzene rings is 3. The largest absolute Gasteiger partial charge is 0.298 e. The summed E-state index contributed by atoms with van der Waals surface area (Å²) in [5.74, 6) is 0. The van der Waals surface area contributed by atoms with Crippen molar-refractivity contribution in [3.8, 4) is 0 Å². The number of rotatable bonds is 0. The molecular weight excluding hydrogens is 544 g/mol. The van der Waals surface area contributed by atoms with Crippen molar-refractivity contribution >= 4 is 37.3 Å².